The molecule has 0 unspecified atom stereocenters. The third-order valence-electron chi connectivity index (χ3n) is 12.7. The molecule has 9 aromatic carbocycles. The van der Waals surface area contributed by atoms with Crippen LogP contribution in [0, 0.1) is 0 Å². The largest absolute Gasteiger partial charge is 0.456 e. The smallest absolute Gasteiger partial charge is 0.136 e. The van der Waals surface area contributed by atoms with Crippen LogP contribution in [-0.4, -0.2) is 0 Å². The Morgan fingerprint density at radius 2 is 0.983 bits per heavy atom. The topological polar surface area (TPSA) is 16.4 Å². The molecule has 11 aromatic rings. The van der Waals surface area contributed by atoms with Gasteiger partial charge in [-0.15, -0.1) is 11.3 Å². The summed E-state index contributed by atoms with van der Waals surface area (Å²) in [6.45, 7) is 0. The van der Waals surface area contributed by atoms with E-state index in [4.69, 9.17) is 4.42 Å². The third kappa shape index (κ3) is 4.16. The molecule has 0 radical (unpaired) electrons. The fourth-order valence-corrected chi connectivity index (χ4v) is 11.7. The summed E-state index contributed by atoms with van der Waals surface area (Å²) in [4.78, 5) is 2.44. The zero-order valence-electron chi connectivity index (χ0n) is 31.3. The molecule has 2 aliphatic rings. The quantitative estimate of drug-likeness (QED) is 0.178. The summed E-state index contributed by atoms with van der Waals surface area (Å²) >= 11 is 1.85. The Labute approximate surface area is 339 Å². The molecule has 2 nitrogen and oxygen atoms in total. The maximum Gasteiger partial charge on any atom is 0.136 e. The maximum absolute atomic E-state index is 6.55. The average Bonchev–Trinajstić information content (AvgIpc) is 4.03. The monoisotopic (exact) mass is 755 g/mol. The van der Waals surface area contributed by atoms with E-state index >= 15 is 0 Å². The molecular weight excluding hydrogens is 723 g/mol. The Bertz CT molecular complexity index is 3420. The Hall–Kier alpha value is -7.20. The number of anilines is 3. The Morgan fingerprint density at radius 1 is 0.397 bits per heavy atom. The van der Waals surface area contributed by atoms with Crippen molar-refractivity contribution >= 4 is 70.5 Å². The van der Waals surface area contributed by atoms with E-state index in [2.05, 4.69) is 205 Å². The molecule has 270 valence electrons. The van der Waals surface area contributed by atoms with E-state index in [0.29, 0.717) is 0 Å². The van der Waals surface area contributed by atoms with Crippen molar-refractivity contribution in [2.75, 3.05) is 4.90 Å². The Morgan fingerprint density at radius 3 is 1.76 bits per heavy atom. The second-order valence-electron chi connectivity index (χ2n) is 15.5. The van der Waals surface area contributed by atoms with Gasteiger partial charge >= 0.3 is 0 Å². The van der Waals surface area contributed by atoms with Crippen molar-refractivity contribution in [1.29, 1.82) is 0 Å². The highest BCUT2D eigenvalue weighted by atomic mass is 32.1. The van der Waals surface area contributed by atoms with E-state index in [9.17, 15) is 0 Å². The van der Waals surface area contributed by atoms with Crippen LogP contribution in [0.3, 0.4) is 0 Å². The molecule has 3 heteroatoms. The molecule has 0 fully saturated rings. The summed E-state index contributed by atoms with van der Waals surface area (Å²) in [5, 5.41) is 4.94. The van der Waals surface area contributed by atoms with Crippen molar-refractivity contribution in [3.8, 4) is 33.4 Å². The lowest BCUT2D eigenvalue weighted by Crippen LogP contribution is -2.26. The summed E-state index contributed by atoms with van der Waals surface area (Å²) in [5.41, 5.74) is 17.7. The predicted molar refractivity (Wildman–Crippen MR) is 243 cm³/mol. The lowest BCUT2D eigenvalue weighted by molar-refractivity contribution is 0.669. The van der Waals surface area contributed by atoms with Gasteiger partial charge < -0.3 is 9.32 Å². The molecule has 13 rings (SSSR count). The van der Waals surface area contributed by atoms with Crippen LogP contribution in [0.4, 0.5) is 17.1 Å². The number of furan rings is 1. The zero-order chi connectivity index (χ0) is 38.0. The lowest BCUT2D eigenvalue weighted by atomic mass is 9.70. The molecule has 0 bridgehead atoms. The van der Waals surface area contributed by atoms with Gasteiger partial charge in [-0.25, -0.2) is 0 Å². The van der Waals surface area contributed by atoms with Gasteiger partial charge in [0.2, 0.25) is 0 Å². The van der Waals surface area contributed by atoms with Crippen LogP contribution in [0.2, 0.25) is 0 Å². The van der Waals surface area contributed by atoms with Gasteiger partial charge in [0.1, 0.15) is 11.2 Å². The predicted octanol–water partition coefficient (Wildman–Crippen LogP) is 15.4. The van der Waals surface area contributed by atoms with Crippen molar-refractivity contribution in [3.63, 3.8) is 0 Å². The van der Waals surface area contributed by atoms with Crippen molar-refractivity contribution < 1.29 is 4.42 Å². The van der Waals surface area contributed by atoms with E-state index in [-0.39, 0.29) is 0 Å². The molecule has 2 heterocycles. The molecule has 0 aliphatic heterocycles. The molecule has 0 N–H and O–H groups in total. The number of hydrogen-bond donors (Lipinski definition) is 0. The fourth-order valence-electron chi connectivity index (χ4n) is 10.4. The number of benzene rings is 9. The first-order valence-electron chi connectivity index (χ1n) is 19.9. The summed E-state index contributed by atoms with van der Waals surface area (Å²) in [7, 11) is 0. The van der Waals surface area contributed by atoms with E-state index < -0.39 is 5.41 Å². The Balaban J connectivity index is 1.02. The van der Waals surface area contributed by atoms with Gasteiger partial charge in [0, 0.05) is 47.9 Å². The third-order valence-corrected chi connectivity index (χ3v) is 13.9. The van der Waals surface area contributed by atoms with Crippen LogP contribution < -0.4 is 4.90 Å². The van der Waals surface area contributed by atoms with Crippen LogP contribution in [0.15, 0.2) is 205 Å². The first-order chi connectivity index (χ1) is 28.8. The van der Waals surface area contributed by atoms with Gasteiger partial charge in [-0.1, -0.05) is 146 Å². The lowest BCUT2D eigenvalue weighted by Gasteiger charge is -2.31. The molecule has 2 aromatic heterocycles. The molecule has 0 saturated heterocycles. The minimum absolute atomic E-state index is 0.410. The minimum Gasteiger partial charge on any atom is -0.456 e. The van der Waals surface area contributed by atoms with Crippen molar-refractivity contribution in [3.05, 3.63) is 222 Å². The minimum atomic E-state index is -0.410. The highest BCUT2D eigenvalue weighted by Crippen LogP contribution is 2.64. The van der Waals surface area contributed by atoms with Crippen LogP contribution in [0.1, 0.15) is 22.3 Å². The van der Waals surface area contributed by atoms with Gasteiger partial charge in [0.15, 0.2) is 0 Å². The maximum atomic E-state index is 6.55. The highest BCUT2D eigenvalue weighted by Gasteiger charge is 2.52. The van der Waals surface area contributed by atoms with Crippen LogP contribution >= 0.6 is 11.3 Å². The second kappa shape index (κ2) is 11.9. The number of para-hydroxylation sites is 1. The van der Waals surface area contributed by atoms with Crippen LogP contribution in [-0.2, 0) is 5.41 Å². The normalized spacial score (nSPS) is 13.3. The Kier molecular flexibility index (Phi) is 6.56. The standard InChI is InChI=1S/C55H33NOS/c1-2-14-35(15-3-1)56(47-25-13-24-46-51(47)42-19-6-10-23-45(42)55(46)43-21-8-4-16-38(43)39-17-5-9-22-44(39)55)36-30-28-34(29-31-36)37-20-12-26-48-52(37)53-49(57-48)33-32-41-40-18-7-11-27-50(40)58-54(41)53/h1-33H. The van der Waals surface area contributed by atoms with Gasteiger partial charge in [-0.05, 0) is 105 Å². The molecule has 58 heavy (non-hydrogen) atoms. The van der Waals surface area contributed by atoms with Crippen molar-refractivity contribution in [2.45, 2.75) is 5.41 Å². The summed E-state index contributed by atoms with van der Waals surface area (Å²) < 4.78 is 9.12. The first-order valence-corrected chi connectivity index (χ1v) is 20.7. The van der Waals surface area contributed by atoms with E-state index in [0.717, 1.165) is 33.8 Å². The van der Waals surface area contributed by atoms with Crippen LogP contribution in [0.25, 0.3) is 75.5 Å². The fraction of sp³-hybridized carbons (Fsp3) is 0.0182. The number of fused-ring (bicyclic) bond motifs is 17. The summed E-state index contributed by atoms with van der Waals surface area (Å²) in [6, 6.07) is 73.5. The number of thiophene rings is 1. The van der Waals surface area contributed by atoms with Crippen molar-refractivity contribution in [2.24, 2.45) is 0 Å². The molecule has 2 aliphatic carbocycles. The van der Waals surface area contributed by atoms with Gasteiger partial charge in [-0.2, -0.15) is 0 Å². The van der Waals surface area contributed by atoms with E-state index in [1.54, 1.807) is 0 Å². The SMILES string of the molecule is c1ccc(N(c2ccc(-c3cccc4oc5ccc6c7ccccc7sc6c5c34)cc2)c2cccc3c2-c2ccccc2C32c3ccccc3-c3ccccc32)cc1. The molecule has 0 saturated carbocycles. The second-order valence-corrected chi connectivity index (χ2v) is 16.6. The average molecular weight is 756 g/mol. The molecule has 0 atom stereocenters. The van der Waals surface area contributed by atoms with Gasteiger partial charge in [0.25, 0.3) is 0 Å². The van der Waals surface area contributed by atoms with E-state index in [1.807, 2.05) is 11.3 Å². The molecule has 1 spiro atoms. The highest BCUT2D eigenvalue weighted by molar-refractivity contribution is 7.26. The summed E-state index contributed by atoms with van der Waals surface area (Å²) in [6.07, 6.45) is 0. The summed E-state index contributed by atoms with van der Waals surface area (Å²) in [5.74, 6) is 0. The van der Waals surface area contributed by atoms with Crippen molar-refractivity contribution in [1.82, 2.24) is 0 Å². The van der Waals surface area contributed by atoms with E-state index in [1.165, 1.54) is 81.0 Å². The van der Waals surface area contributed by atoms with Gasteiger partial charge in [-0.3, -0.25) is 0 Å². The molecular formula is C55H33NOS. The number of rotatable bonds is 4. The zero-order valence-corrected chi connectivity index (χ0v) is 32.1. The first kappa shape index (κ1) is 31.9. The number of nitrogens with zero attached hydrogens (tertiary/aromatic N) is 1. The van der Waals surface area contributed by atoms with Crippen LogP contribution in [0.5, 0.6) is 0 Å². The number of hydrogen-bond acceptors (Lipinski definition) is 3. The molecule has 0 amide bonds. The van der Waals surface area contributed by atoms with Gasteiger partial charge in [0.05, 0.1) is 11.1 Å².